The van der Waals surface area contributed by atoms with E-state index in [9.17, 15) is 4.79 Å². The van der Waals surface area contributed by atoms with Gasteiger partial charge in [0.2, 0.25) is 0 Å². The van der Waals surface area contributed by atoms with Gasteiger partial charge in [0, 0.05) is 19.8 Å². The molecule has 7 heteroatoms. The van der Waals surface area contributed by atoms with E-state index in [0.717, 1.165) is 24.2 Å². The van der Waals surface area contributed by atoms with Crippen molar-refractivity contribution < 1.29 is 9.53 Å². The van der Waals surface area contributed by atoms with Gasteiger partial charge in [0.1, 0.15) is 5.70 Å². The molecule has 126 valence electrons. The number of carbonyl (C=O) groups excluding carboxylic acids is 1. The van der Waals surface area contributed by atoms with Gasteiger partial charge in [-0.05, 0) is 39.1 Å². The Hall–Kier alpha value is -2.41. The van der Waals surface area contributed by atoms with E-state index in [1.807, 2.05) is 27.1 Å². The number of rotatable bonds is 8. The third kappa shape index (κ3) is 6.07. The average molecular weight is 319 g/mol. The van der Waals surface area contributed by atoms with E-state index >= 15 is 0 Å². The number of hydrogen-bond acceptors (Lipinski definition) is 6. The number of amides is 1. The second-order valence-corrected chi connectivity index (χ2v) is 5.11. The Morgan fingerprint density at radius 1 is 1.52 bits per heavy atom. The maximum absolute atomic E-state index is 11.6. The molecule has 3 N–H and O–H groups in total. The third-order valence-electron chi connectivity index (χ3n) is 3.07. The number of likely N-dealkylation sites (N-methyl/N-ethyl adjacent to an activating group) is 2. The van der Waals surface area contributed by atoms with E-state index in [2.05, 4.69) is 20.2 Å². The molecule has 0 unspecified atom stereocenters. The summed E-state index contributed by atoms with van der Waals surface area (Å²) >= 11 is 0. The van der Waals surface area contributed by atoms with E-state index in [1.165, 1.54) is 13.3 Å². The Bertz CT molecular complexity index is 582. The van der Waals surface area contributed by atoms with Crippen LogP contribution in [0.5, 0.6) is 0 Å². The summed E-state index contributed by atoms with van der Waals surface area (Å²) < 4.78 is 5.40. The van der Waals surface area contributed by atoms with E-state index in [1.54, 1.807) is 12.4 Å². The van der Waals surface area contributed by atoms with Crippen LogP contribution in [0.1, 0.15) is 12.5 Å². The molecule has 0 aliphatic rings. The van der Waals surface area contributed by atoms with Crippen molar-refractivity contribution >= 4 is 17.8 Å². The van der Waals surface area contributed by atoms with Crippen LogP contribution in [0.15, 0.2) is 34.9 Å². The third-order valence-corrected chi connectivity index (χ3v) is 3.07. The molecule has 7 nitrogen and oxygen atoms in total. The highest BCUT2D eigenvalue weighted by atomic mass is 16.5. The lowest BCUT2D eigenvalue weighted by Gasteiger charge is -2.11. The van der Waals surface area contributed by atoms with Crippen LogP contribution in [0.25, 0.3) is 0 Å². The molecule has 0 atom stereocenters. The number of hydrogen-bond donors (Lipinski definition) is 2. The number of nitrogens with two attached hydrogens (primary N) is 1. The maximum Gasteiger partial charge on any atom is 0.270 e. The smallest absolute Gasteiger partial charge is 0.270 e. The first-order chi connectivity index (χ1) is 11.0. The number of nitrogens with zero attached hydrogens (tertiary/aromatic N) is 3. The first-order valence-electron chi connectivity index (χ1n) is 7.45. The molecule has 0 bridgehead atoms. The number of nitrogens with one attached hydrogen (secondary N) is 1. The van der Waals surface area contributed by atoms with Gasteiger partial charge in [-0.25, -0.2) is 0 Å². The van der Waals surface area contributed by atoms with Gasteiger partial charge >= 0.3 is 0 Å². The molecule has 0 radical (unpaired) electrons. The van der Waals surface area contributed by atoms with Crippen molar-refractivity contribution in [2.75, 3.05) is 34.3 Å². The quantitative estimate of drug-likeness (QED) is 0.421. The summed E-state index contributed by atoms with van der Waals surface area (Å²) in [5.41, 5.74) is 7.59. The Balaban J connectivity index is 3.03. The summed E-state index contributed by atoms with van der Waals surface area (Å²) in [4.78, 5) is 22.2. The predicted octanol–water partition coefficient (Wildman–Crippen LogP) is 0.841. The van der Waals surface area contributed by atoms with E-state index in [0.29, 0.717) is 6.61 Å². The van der Waals surface area contributed by atoms with Crippen LogP contribution in [0.4, 0.5) is 5.69 Å². The van der Waals surface area contributed by atoms with E-state index < -0.39 is 5.91 Å². The Kier molecular flexibility index (Phi) is 7.76. The van der Waals surface area contributed by atoms with Gasteiger partial charge in [0.05, 0.1) is 24.7 Å². The molecule has 0 aliphatic carbocycles. The molecule has 1 aromatic heterocycles. The Morgan fingerprint density at radius 3 is 2.87 bits per heavy atom. The van der Waals surface area contributed by atoms with Gasteiger partial charge in [0.25, 0.3) is 5.91 Å². The molecule has 0 fully saturated rings. The molecule has 0 aliphatic heterocycles. The van der Waals surface area contributed by atoms with Crippen molar-refractivity contribution in [2.45, 2.75) is 13.3 Å². The molecular formula is C16H25N5O2. The van der Waals surface area contributed by atoms with Crippen LogP contribution in [0.2, 0.25) is 0 Å². The van der Waals surface area contributed by atoms with Crippen molar-refractivity contribution in [1.29, 1.82) is 0 Å². The minimum Gasteiger partial charge on any atom is -0.490 e. The van der Waals surface area contributed by atoms with Gasteiger partial charge in [-0.3, -0.25) is 14.8 Å². The minimum absolute atomic E-state index is 0.00293. The summed E-state index contributed by atoms with van der Waals surface area (Å²) in [6, 6.07) is 1.93. The number of allylic oxidation sites excluding steroid dienone is 1. The molecule has 0 aromatic carbocycles. The lowest BCUT2D eigenvalue weighted by molar-refractivity contribution is -0.117. The first kappa shape index (κ1) is 18.6. The monoisotopic (exact) mass is 319 g/mol. The predicted molar refractivity (Wildman–Crippen MR) is 91.6 cm³/mol. The largest absolute Gasteiger partial charge is 0.490 e. The number of pyridine rings is 1. The molecular weight excluding hydrogens is 294 g/mol. The summed E-state index contributed by atoms with van der Waals surface area (Å²) in [5.74, 6) is -0.159. The summed E-state index contributed by atoms with van der Waals surface area (Å²) in [6.45, 7) is 3.11. The number of aromatic nitrogens is 1. The SMILES string of the molecule is CCOC(C=Nc1cnccc1CCN(C)C)=C(N)C(=O)NC. The van der Waals surface area contributed by atoms with Gasteiger partial charge < -0.3 is 20.7 Å². The molecule has 0 saturated heterocycles. The van der Waals surface area contributed by atoms with Crippen LogP contribution in [-0.4, -0.2) is 56.3 Å². The van der Waals surface area contributed by atoms with E-state index in [-0.39, 0.29) is 11.5 Å². The van der Waals surface area contributed by atoms with E-state index in [4.69, 9.17) is 10.5 Å². The lowest BCUT2D eigenvalue weighted by atomic mass is 10.1. The topological polar surface area (TPSA) is 92.8 Å². The fourth-order valence-corrected chi connectivity index (χ4v) is 1.80. The first-order valence-corrected chi connectivity index (χ1v) is 7.45. The lowest BCUT2D eigenvalue weighted by Crippen LogP contribution is -2.27. The van der Waals surface area contributed by atoms with Crippen molar-refractivity contribution in [2.24, 2.45) is 10.7 Å². The molecule has 23 heavy (non-hydrogen) atoms. The number of aliphatic imine (C=N–C) groups is 1. The van der Waals surface area contributed by atoms with Crippen LogP contribution in [-0.2, 0) is 16.0 Å². The fourth-order valence-electron chi connectivity index (χ4n) is 1.80. The van der Waals surface area contributed by atoms with Gasteiger partial charge in [-0.15, -0.1) is 0 Å². The Labute approximate surface area is 137 Å². The highest BCUT2D eigenvalue weighted by molar-refractivity contribution is 5.98. The number of carbonyl (C=O) groups is 1. The second-order valence-electron chi connectivity index (χ2n) is 5.11. The molecule has 0 saturated carbocycles. The minimum atomic E-state index is -0.404. The van der Waals surface area contributed by atoms with Crippen LogP contribution in [0.3, 0.4) is 0 Å². The summed E-state index contributed by atoms with van der Waals surface area (Å²) in [6.07, 6.45) is 5.73. The Morgan fingerprint density at radius 2 is 2.26 bits per heavy atom. The van der Waals surface area contributed by atoms with Gasteiger partial charge in [-0.1, -0.05) is 0 Å². The standard InChI is InChI=1S/C16H25N5O2/c1-5-23-14(15(17)16(22)18-2)11-20-13-10-19-8-6-12(13)7-9-21(3)4/h6,8,10-11H,5,7,9,17H2,1-4H3,(H,18,22). The van der Waals surface area contributed by atoms with Crippen molar-refractivity contribution in [3.63, 3.8) is 0 Å². The zero-order valence-corrected chi connectivity index (χ0v) is 14.2. The maximum atomic E-state index is 11.6. The fraction of sp³-hybridized carbons (Fsp3) is 0.438. The highest BCUT2D eigenvalue weighted by Gasteiger charge is 2.10. The second kappa shape index (κ2) is 9.58. The van der Waals surface area contributed by atoms with Crippen LogP contribution < -0.4 is 11.1 Å². The van der Waals surface area contributed by atoms with Crippen molar-refractivity contribution in [3.8, 4) is 0 Å². The van der Waals surface area contributed by atoms with Gasteiger partial charge in [-0.2, -0.15) is 0 Å². The molecule has 1 rings (SSSR count). The average Bonchev–Trinajstić information content (AvgIpc) is 2.56. The zero-order valence-electron chi connectivity index (χ0n) is 14.2. The van der Waals surface area contributed by atoms with Crippen molar-refractivity contribution in [3.05, 3.63) is 35.5 Å². The summed E-state index contributed by atoms with van der Waals surface area (Å²) in [7, 11) is 5.55. The summed E-state index contributed by atoms with van der Waals surface area (Å²) in [5, 5.41) is 2.46. The molecule has 1 aromatic rings. The van der Waals surface area contributed by atoms with Crippen LogP contribution in [0, 0.1) is 0 Å². The molecule has 0 spiro atoms. The van der Waals surface area contributed by atoms with Gasteiger partial charge in [0.15, 0.2) is 5.76 Å². The molecule has 1 amide bonds. The zero-order chi connectivity index (χ0) is 17.2. The molecule has 1 heterocycles. The number of ether oxygens (including phenoxy) is 1. The van der Waals surface area contributed by atoms with Crippen LogP contribution >= 0.6 is 0 Å². The normalized spacial score (nSPS) is 12.4. The highest BCUT2D eigenvalue weighted by Crippen LogP contribution is 2.18. The van der Waals surface area contributed by atoms with Crippen molar-refractivity contribution in [1.82, 2.24) is 15.2 Å².